The van der Waals surface area contributed by atoms with Crippen molar-refractivity contribution in [3.05, 3.63) is 29.3 Å². The molecule has 0 saturated carbocycles. The van der Waals surface area contributed by atoms with Gasteiger partial charge in [0.2, 0.25) is 5.91 Å². The normalized spacial score (nSPS) is 16.4. The first-order chi connectivity index (χ1) is 7.68. The summed E-state index contributed by atoms with van der Waals surface area (Å²) in [5.41, 5.74) is 0.499. The molecule has 0 aliphatic carbocycles. The Kier molecular flexibility index (Phi) is 3.01. The van der Waals surface area contributed by atoms with Gasteiger partial charge in [-0.05, 0) is 30.7 Å². The fraction of sp³-hybridized carbons (Fsp3) is 0.182. The van der Waals surface area contributed by atoms with E-state index < -0.39 is 6.03 Å². The Morgan fingerprint density at radius 3 is 2.56 bits per heavy atom. The van der Waals surface area contributed by atoms with Gasteiger partial charge in [-0.1, -0.05) is 11.6 Å². The van der Waals surface area contributed by atoms with E-state index in [1.165, 1.54) is 6.21 Å². The summed E-state index contributed by atoms with van der Waals surface area (Å²) in [5, 5.41) is 0.557. The highest BCUT2D eigenvalue weighted by Crippen LogP contribution is 2.20. The SMILES string of the molecule is O=C1CCC=NC(=O)N1c1ccc(Cl)cc1. The molecule has 1 aromatic rings. The molecule has 1 heterocycles. The summed E-state index contributed by atoms with van der Waals surface area (Å²) in [6.45, 7) is 0. The summed E-state index contributed by atoms with van der Waals surface area (Å²) in [6, 6.07) is 5.96. The standard InChI is InChI=1S/C11H9ClN2O2/c12-8-3-5-9(6-4-8)14-10(15)2-1-7-13-11(14)16/h3-7H,1-2H2. The van der Waals surface area contributed by atoms with Gasteiger partial charge in [0.15, 0.2) is 0 Å². The molecule has 0 saturated heterocycles. The molecule has 0 spiro atoms. The molecule has 5 heteroatoms. The molecule has 0 bridgehead atoms. The van der Waals surface area contributed by atoms with Gasteiger partial charge in [0.25, 0.3) is 0 Å². The molecule has 2 rings (SSSR count). The minimum absolute atomic E-state index is 0.246. The minimum atomic E-state index is -0.551. The van der Waals surface area contributed by atoms with Crippen LogP contribution in [0.4, 0.5) is 10.5 Å². The number of imide groups is 1. The molecule has 1 aromatic carbocycles. The number of rotatable bonds is 1. The van der Waals surface area contributed by atoms with Gasteiger partial charge in [-0.3, -0.25) is 4.79 Å². The van der Waals surface area contributed by atoms with Crippen molar-refractivity contribution < 1.29 is 9.59 Å². The van der Waals surface area contributed by atoms with E-state index in [4.69, 9.17) is 11.6 Å². The fourth-order valence-corrected chi connectivity index (χ4v) is 1.58. The number of carbonyl (C=O) groups excluding carboxylic acids is 2. The van der Waals surface area contributed by atoms with Gasteiger partial charge in [0.05, 0.1) is 5.69 Å². The monoisotopic (exact) mass is 236 g/mol. The van der Waals surface area contributed by atoms with Crippen molar-refractivity contribution in [3.8, 4) is 0 Å². The van der Waals surface area contributed by atoms with Crippen LogP contribution in [-0.4, -0.2) is 18.2 Å². The van der Waals surface area contributed by atoms with E-state index in [0.717, 1.165) is 4.90 Å². The highest BCUT2D eigenvalue weighted by Gasteiger charge is 2.23. The summed E-state index contributed by atoms with van der Waals surface area (Å²) in [6.07, 6.45) is 2.25. The second kappa shape index (κ2) is 4.45. The molecule has 82 valence electrons. The summed E-state index contributed by atoms with van der Waals surface area (Å²) in [4.78, 5) is 28.0. The Morgan fingerprint density at radius 2 is 1.88 bits per heavy atom. The maximum absolute atomic E-state index is 11.7. The lowest BCUT2D eigenvalue weighted by atomic mass is 10.2. The van der Waals surface area contributed by atoms with Gasteiger partial charge >= 0.3 is 6.03 Å². The van der Waals surface area contributed by atoms with Gasteiger partial charge in [0, 0.05) is 17.7 Å². The minimum Gasteiger partial charge on any atom is -0.274 e. The number of benzene rings is 1. The van der Waals surface area contributed by atoms with Gasteiger partial charge in [0.1, 0.15) is 0 Å². The Labute approximate surface area is 97.5 Å². The molecule has 0 atom stereocenters. The third-order valence-electron chi connectivity index (χ3n) is 2.21. The average Bonchev–Trinajstić information content (AvgIpc) is 2.42. The maximum Gasteiger partial charge on any atom is 0.354 e. The predicted molar refractivity (Wildman–Crippen MR) is 62.1 cm³/mol. The molecule has 0 N–H and O–H groups in total. The molecule has 0 radical (unpaired) electrons. The molecule has 0 fully saturated rings. The van der Waals surface area contributed by atoms with Crippen LogP contribution in [0, 0.1) is 0 Å². The first-order valence-corrected chi connectivity index (χ1v) is 5.21. The van der Waals surface area contributed by atoms with Crippen LogP contribution in [0.15, 0.2) is 29.3 Å². The van der Waals surface area contributed by atoms with E-state index in [1.54, 1.807) is 24.3 Å². The summed E-state index contributed by atoms with van der Waals surface area (Å²) in [5.74, 6) is -0.246. The summed E-state index contributed by atoms with van der Waals surface area (Å²) < 4.78 is 0. The summed E-state index contributed by atoms with van der Waals surface area (Å²) in [7, 11) is 0. The number of hydrogen-bond acceptors (Lipinski definition) is 2. The Bertz CT molecular complexity index is 454. The molecule has 0 unspecified atom stereocenters. The second-order valence-corrected chi connectivity index (χ2v) is 3.77. The molecule has 1 aliphatic heterocycles. The second-order valence-electron chi connectivity index (χ2n) is 3.34. The van der Waals surface area contributed by atoms with Crippen LogP contribution in [0.3, 0.4) is 0 Å². The van der Waals surface area contributed by atoms with Gasteiger partial charge in [-0.2, -0.15) is 0 Å². The Balaban J connectivity index is 2.36. The zero-order valence-electron chi connectivity index (χ0n) is 8.39. The lowest BCUT2D eigenvalue weighted by Gasteiger charge is -2.16. The van der Waals surface area contributed by atoms with E-state index in [9.17, 15) is 9.59 Å². The van der Waals surface area contributed by atoms with Crippen molar-refractivity contribution in [2.24, 2.45) is 4.99 Å². The molecule has 4 nitrogen and oxygen atoms in total. The van der Waals surface area contributed by atoms with Crippen LogP contribution < -0.4 is 4.90 Å². The first kappa shape index (κ1) is 10.8. The van der Waals surface area contributed by atoms with E-state index >= 15 is 0 Å². The average molecular weight is 237 g/mol. The van der Waals surface area contributed by atoms with Crippen LogP contribution >= 0.6 is 11.6 Å². The number of nitrogens with zero attached hydrogens (tertiary/aromatic N) is 2. The Morgan fingerprint density at radius 1 is 1.19 bits per heavy atom. The fourth-order valence-electron chi connectivity index (χ4n) is 1.45. The van der Waals surface area contributed by atoms with Crippen molar-refractivity contribution in [2.75, 3.05) is 4.90 Å². The van der Waals surface area contributed by atoms with E-state index in [-0.39, 0.29) is 12.3 Å². The number of halogens is 1. The highest BCUT2D eigenvalue weighted by atomic mass is 35.5. The third-order valence-corrected chi connectivity index (χ3v) is 2.47. The number of aliphatic imine (C=N–C) groups is 1. The summed E-state index contributed by atoms with van der Waals surface area (Å²) >= 11 is 5.74. The third kappa shape index (κ3) is 2.12. The number of hydrogen-bond donors (Lipinski definition) is 0. The predicted octanol–water partition coefficient (Wildman–Crippen LogP) is 2.66. The van der Waals surface area contributed by atoms with Crippen LogP contribution in [0.2, 0.25) is 5.02 Å². The van der Waals surface area contributed by atoms with Crippen molar-refractivity contribution in [3.63, 3.8) is 0 Å². The largest absolute Gasteiger partial charge is 0.354 e. The van der Waals surface area contributed by atoms with E-state index in [0.29, 0.717) is 17.1 Å². The zero-order chi connectivity index (χ0) is 11.5. The van der Waals surface area contributed by atoms with E-state index in [1.807, 2.05) is 0 Å². The molecule has 3 amide bonds. The molecular weight excluding hydrogens is 228 g/mol. The lowest BCUT2D eigenvalue weighted by molar-refractivity contribution is -0.117. The quantitative estimate of drug-likeness (QED) is 0.753. The zero-order valence-corrected chi connectivity index (χ0v) is 9.15. The Hall–Kier alpha value is -1.68. The van der Waals surface area contributed by atoms with Crippen LogP contribution in [0.25, 0.3) is 0 Å². The van der Waals surface area contributed by atoms with Crippen LogP contribution in [0.1, 0.15) is 12.8 Å². The number of urea groups is 1. The van der Waals surface area contributed by atoms with Crippen LogP contribution in [-0.2, 0) is 4.79 Å². The smallest absolute Gasteiger partial charge is 0.274 e. The van der Waals surface area contributed by atoms with Gasteiger partial charge < -0.3 is 0 Å². The number of amides is 3. The van der Waals surface area contributed by atoms with Crippen molar-refractivity contribution in [2.45, 2.75) is 12.8 Å². The van der Waals surface area contributed by atoms with Gasteiger partial charge in [-0.25, -0.2) is 14.7 Å². The van der Waals surface area contributed by atoms with Crippen molar-refractivity contribution in [1.29, 1.82) is 0 Å². The van der Waals surface area contributed by atoms with Crippen molar-refractivity contribution >= 4 is 35.4 Å². The molecule has 0 aromatic heterocycles. The molecule has 1 aliphatic rings. The molecule has 16 heavy (non-hydrogen) atoms. The van der Waals surface area contributed by atoms with Crippen LogP contribution in [0.5, 0.6) is 0 Å². The lowest BCUT2D eigenvalue weighted by Crippen LogP contribution is -2.33. The van der Waals surface area contributed by atoms with E-state index in [2.05, 4.69) is 4.99 Å². The topological polar surface area (TPSA) is 49.7 Å². The number of anilines is 1. The first-order valence-electron chi connectivity index (χ1n) is 4.83. The molecular formula is C11H9ClN2O2. The van der Waals surface area contributed by atoms with Gasteiger partial charge in [-0.15, -0.1) is 0 Å². The maximum atomic E-state index is 11.7. The number of carbonyl (C=O) groups is 2. The van der Waals surface area contributed by atoms with Crippen molar-refractivity contribution in [1.82, 2.24) is 0 Å². The highest BCUT2D eigenvalue weighted by molar-refractivity contribution is 6.30.